The lowest BCUT2D eigenvalue weighted by atomic mass is 10.2. The van der Waals surface area contributed by atoms with Gasteiger partial charge < -0.3 is 5.32 Å². The molecule has 0 saturated carbocycles. The molecule has 0 spiro atoms. The third kappa shape index (κ3) is 3.25. The quantitative estimate of drug-likeness (QED) is 0.827. The van der Waals surface area contributed by atoms with Crippen molar-refractivity contribution < 1.29 is 0 Å². The Hall–Kier alpha value is -1.04. The van der Waals surface area contributed by atoms with E-state index in [0.29, 0.717) is 0 Å². The first kappa shape index (κ1) is 13.4. The lowest BCUT2D eigenvalue weighted by molar-refractivity contribution is 0.578. The van der Waals surface area contributed by atoms with Crippen molar-refractivity contribution in [1.29, 1.82) is 0 Å². The summed E-state index contributed by atoms with van der Waals surface area (Å²) in [5.74, 6) is 0. The summed E-state index contributed by atoms with van der Waals surface area (Å²) in [6.07, 6.45) is 2.97. The topological polar surface area (TPSA) is 29.9 Å². The molecule has 0 fully saturated rings. The van der Waals surface area contributed by atoms with E-state index in [1.807, 2.05) is 6.20 Å². The number of nitrogens with zero attached hydrogens (tertiary/aromatic N) is 2. The van der Waals surface area contributed by atoms with Gasteiger partial charge in [-0.25, -0.2) is 0 Å². The van der Waals surface area contributed by atoms with E-state index < -0.39 is 0 Å². The fraction of sp³-hybridized carbons (Fsp3) is 0.357. The van der Waals surface area contributed by atoms with Gasteiger partial charge in [0, 0.05) is 22.0 Å². The number of halogens is 1. The molecule has 1 aromatic carbocycles. The highest BCUT2D eigenvalue weighted by Gasteiger charge is 2.02. The van der Waals surface area contributed by atoms with Gasteiger partial charge in [-0.2, -0.15) is 5.10 Å². The average Bonchev–Trinajstić information content (AvgIpc) is 2.79. The lowest BCUT2D eigenvalue weighted by Gasteiger charge is -2.10. The zero-order valence-corrected chi connectivity index (χ0v) is 12.9. The minimum absolute atomic E-state index is 0.819. The predicted molar refractivity (Wildman–Crippen MR) is 83.7 cm³/mol. The van der Waals surface area contributed by atoms with Gasteiger partial charge in [0.15, 0.2) is 0 Å². The third-order valence-electron chi connectivity index (χ3n) is 2.89. The normalized spacial score (nSPS) is 10.6. The molecule has 96 valence electrons. The van der Waals surface area contributed by atoms with Crippen LogP contribution in [0, 0.1) is 10.5 Å². The molecule has 0 radical (unpaired) electrons. The Morgan fingerprint density at radius 3 is 2.89 bits per heavy atom. The highest BCUT2D eigenvalue weighted by atomic mass is 127. The number of hydrogen-bond acceptors (Lipinski definition) is 2. The Bertz CT molecular complexity index is 520. The van der Waals surface area contributed by atoms with Crippen molar-refractivity contribution in [1.82, 2.24) is 9.78 Å². The molecule has 0 saturated heterocycles. The van der Waals surface area contributed by atoms with Crippen molar-refractivity contribution in [2.24, 2.45) is 0 Å². The summed E-state index contributed by atoms with van der Waals surface area (Å²) < 4.78 is 3.35. The fourth-order valence-electron chi connectivity index (χ4n) is 1.82. The summed E-state index contributed by atoms with van der Waals surface area (Å²) in [6.45, 7) is 6.09. The van der Waals surface area contributed by atoms with Crippen LogP contribution in [0.4, 0.5) is 5.69 Å². The van der Waals surface area contributed by atoms with Gasteiger partial charge in [-0.3, -0.25) is 4.68 Å². The predicted octanol–water partition coefficient (Wildman–Crippen LogP) is 3.82. The minimum Gasteiger partial charge on any atom is -0.379 e. The van der Waals surface area contributed by atoms with Crippen LogP contribution in [0.2, 0.25) is 0 Å². The van der Waals surface area contributed by atoms with Crippen LogP contribution in [0.1, 0.15) is 24.6 Å². The third-order valence-corrected chi connectivity index (χ3v) is 4.05. The number of aromatic nitrogens is 2. The van der Waals surface area contributed by atoms with Crippen LogP contribution in [-0.4, -0.2) is 9.78 Å². The molecule has 0 aliphatic heterocycles. The molecule has 0 aliphatic rings. The van der Waals surface area contributed by atoms with Gasteiger partial charge in [0.25, 0.3) is 0 Å². The van der Waals surface area contributed by atoms with Crippen molar-refractivity contribution in [3.05, 3.63) is 45.3 Å². The maximum absolute atomic E-state index is 4.33. The smallest absolute Gasteiger partial charge is 0.0575 e. The average molecular weight is 355 g/mol. The second kappa shape index (κ2) is 6.22. The van der Waals surface area contributed by atoms with Crippen LogP contribution in [-0.2, 0) is 13.1 Å². The monoisotopic (exact) mass is 355 g/mol. The summed E-state index contributed by atoms with van der Waals surface area (Å²) in [5.41, 5.74) is 3.71. The molecule has 0 atom stereocenters. The van der Waals surface area contributed by atoms with Gasteiger partial charge in [0.1, 0.15) is 0 Å². The van der Waals surface area contributed by atoms with E-state index in [-0.39, 0.29) is 0 Å². The van der Waals surface area contributed by atoms with Crippen molar-refractivity contribution in [3.63, 3.8) is 0 Å². The van der Waals surface area contributed by atoms with Crippen molar-refractivity contribution in [2.45, 2.75) is 33.4 Å². The summed E-state index contributed by atoms with van der Waals surface area (Å²) in [7, 11) is 0. The number of benzene rings is 1. The molecular formula is C14H18IN3. The Kier molecular flexibility index (Phi) is 4.63. The minimum atomic E-state index is 0.819. The molecule has 0 aliphatic carbocycles. The second-order valence-corrected chi connectivity index (χ2v) is 5.53. The Balaban J connectivity index is 2.02. The zero-order chi connectivity index (χ0) is 13.0. The standard InChI is InChI=1S/C14H18IN3/c1-3-8-18-13(6-7-17-18)10-16-12-5-4-11(2)14(15)9-12/h4-7,9,16H,3,8,10H2,1-2H3. The van der Waals surface area contributed by atoms with Crippen LogP contribution in [0.25, 0.3) is 0 Å². The van der Waals surface area contributed by atoms with E-state index in [4.69, 9.17) is 0 Å². The van der Waals surface area contributed by atoms with E-state index in [1.54, 1.807) is 0 Å². The molecule has 18 heavy (non-hydrogen) atoms. The second-order valence-electron chi connectivity index (χ2n) is 4.36. The van der Waals surface area contributed by atoms with E-state index in [2.05, 4.69) is 75.8 Å². The van der Waals surface area contributed by atoms with Gasteiger partial charge in [0.2, 0.25) is 0 Å². The number of hydrogen-bond donors (Lipinski definition) is 1. The van der Waals surface area contributed by atoms with Gasteiger partial charge in [0.05, 0.1) is 12.2 Å². The zero-order valence-electron chi connectivity index (χ0n) is 10.8. The summed E-state index contributed by atoms with van der Waals surface area (Å²) in [4.78, 5) is 0. The van der Waals surface area contributed by atoms with Crippen molar-refractivity contribution >= 4 is 28.3 Å². The molecule has 1 aromatic heterocycles. The number of aryl methyl sites for hydroxylation is 2. The van der Waals surface area contributed by atoms with Crippen LogP contribution < -0.4 is 5.32 Å². The van der Waals surface area contributed by atoms with E-state index >= 15 is 0 Å². The largest absolute Gasteiger partial charge is 0.379 e. The van der Waals surface area contributed by atoms with Crippen LogP contribution in [0.15, 0.2) is 30.5 Å². The Labute approximate surface area is 122 Å². The summed E-state index contributed by atoms with van der Waals surface area (Å²) in [5, 5.41) is 7.77. The Morgan fingerprint density at radius 1 is 1.33 bits per heavy atom. The molecular weight excluding hydrogens is 337 g/mol. The van der Waals surface area contributed by atoms with E-state index in [1.165, 1.54) is 14.8 Å². The number of anilines is 1. The number of rotatable bonds is 5. The highest BCUT2D eigenvalue weighted by molar-refractivity contribution is 14.1. The maximum Gasteiger partial charge on any atom is 0.0575 e. The summed E-state index contributed by atoms with van der Waals surface area (Å²) >= 11 is 2.37. The van der Waals surface area contributed by atoms with Gasteiger partial charge in [-0.15, -0.1) is 0 Å². The molecule has 0 unspecified atom stereocenters. The summed E-state index contributed by atoms with van der Waals surface area (Å²) in [6, 6.07) is 8.52. The first-order chi connectivity index (χ1) is 8.70. The molecule has 0 amide bonds. The van der Waals surface area contributed by atoms with Crippen LogP contribution >= 0.6 is 22.6 Å². The van der Waals surface area contributed by atoms with Crippen LogP contribution in [0.5, 0.6) is 0 Å². The molecule has 3 nitrogen and oxygen atoms in total. The SMILES string of the molecule is CCCn1nccc1CNc1ccc(C)c(I)c1. The molecule has 1 N–H and O–H groups in total. The first-order valence-electron chi connectivity index (χ1n) is 6.21. The molecule has 2 aromatic rings. The van der Waals surface area contributed by atoms with Crippen LogP contribution in [0.3, 0.4) is 0 Å². The Morgan fingerprint density at radius 2 is 2.17 bits per heavy atom. The molecule has 2 rings (SSSR count). The maximum atomic E-state index is 4.33. The van der Waals surface area contributed by atoms with Crippen molar-refractivity contribution in [2.75, 3.05) is 5.32 Å². The number of nitrogens with one attached hydrogen (secondary N) is 1. The fourth-order valence-corrected chi connectivity index (χ4v) is 2.33. The molecule has 0 bridgehead atoms. The lowest BCUT2D eigenvalue weighted by Crippen LogP contribution is -2.09. The van der Waals surface area contributed by atoms with Gasteiger partial charge in [-0.05, 0) is 59.7 Å². The van der Waals surface area contributed by atoms with Crippen molar-refractivity contribution in [3.8, 4) is 0 Å². The first-order valence-corrected chi connectivity index (χ1v) is 7.29. The van der Waals surface area contributed by atoms with Gasteiger partial charge >= 0.3 is 0 Å². The molecule has 4 heteroatoms. The van der Waals surface area contributed by atoms with Gasteiger partial charge in [-0.1, -0.05) is 13.0 Å². The van der Waals surface area contributed by atoms with E-state index in [0.717, 1.165) is 25.2 Å². The van der Waals surface area contributed by atoms with E-state index in [9.17, 15) is 0 Å². The molecule has 1 heterocycles. The highest BCUT2D eigenvalue weighted by Crippen LogP contribution is 2.17.